The van der Waals surface area contributed by atoms with E-state index in [0.29, 0.717) is 31.8 Å². The summed E-state index contributed by atoms with van der Waals surface area (Å²) in [6.45, 7) is 5.42. The highest BCUT2D eigenvalue weighted by atomic mass is 16.5. The molecule has 0 radical (unpaired) electrons. The lowest BCUT2D eigenvalue weighted by Crippen LogP contribution is -2.35. The summed E-state index contributed by atoms with van der Waals surface area (Å²) >= 11 is 0. The number of rotatable bonds is 9. The predicted molar refractivity (Wildman–Crippen MR) is 83.1 cm³/mol. The van der Waals surface area contributed by atoms with Gasteiger partial charge < -0.3 is 19.9 Å². The quantitative estimate of drug-likeness (QED) is 0.731. The molecule has 4 nitrogen and oxygen atoms in total. The molecule has 3 unspecified atom stereocenters. The van der Waals surface area contributed by atoms with Gasteiger partial charge in [-0.15, -0.1) is 0 Å². The second-order valence-corrected chi connectivity index (χ2v) is 5.68. The van der Waals surface area contributed by atoms with Gasteiger partial charge in [0.15, 0.2) is 0 Å². The fourth-order valence-corrected chi connectivity index (χ4v) is 2.76. The Morgan fingerprint density at radius 3 is 2.95 bits per heavy atom. The minimum atomic E-state index is -0.462. The molecule has 0 aromatic heterocycles. The van der Waals surface area contributed by atoms with Crippen molar-refractivity contribution in [3.8, 4) is 0 Å². The standard InChI is InChI=1S/C17H27NO3/c1-2-17-15(8-9-21-17)10-18-11-16(19)13-20-12-14-6-4-3-5-7-14/h3-7,15-19H,2,8-13H2,1H3. The molecule has 21 heavy (non-hydrogen) atoms. The van der Waals surface area contributed by atoms with Gasteiger partial charge in [-0.25, -0.2) is 0 Å². The van der Waals surface area contributed by atoms with E-state index in [4.69, 9.17) is 9.47 Å². The van der Waals surface area contributed by atoms with Gasteiger partial charge in [-0.2, -0.15) is 0 Å². The van der Waals surface area contributed by atoms with Crippen LogP contribution >= 0.6 is 0 Å². The number of nitrogens with one attached hydrogen (secondary N) is 1. The Balaban J connectivity index is 1.54. The first-order valence-electron chi connectivity index (χ1n) is 7.91. The molecule has 1 aliphatic heterocycles. The fourth-order valence-electron chi connectivity index (χ4n) is 2.76. The topological polar surface area (TPSA) is 50.7 Å². The lowest BCUT2D eigenvalue weighted by Gasteiger charge is -2.18. The molecular weight excluding hydrogens is 266 g/mol. The van der Waals surface area contributed by atoms with Crippen LogP contribution in [-0.2, 0) is 16.1 Å². The van der Waals surface area contributed by atoms with E-state index in [1.165, 1.54) is 0 Å². The van der Waals surface area contributed by atoms with Crippen LogP contribution in [-0.4, -0.2) is 43.6 Å². The van der Waals surface area contributed by atoms with E-state index in [-0.39, 0.29) is 0 Å². The smallest absolute Gasteiger partial charge is 0.0897 e. The third-order valence-electron chi connectivity index (χ3n) is 3.96. The van der Waals surface area contributed by atoms with Gasteiger partial charge in [-0.3, -0.25) is 0 Å². The van der Waals surface area contributed by atoms with Crippen LogP contribution in [0.15, 0.2) is 30.3 Å². The first-order chi connectivity index (χ1) is 10.3. The summed E-state index contributed by atoms with van der Waals surface area (Å²) in [5.74, 6) is 0.576. The lowest BCUT2D eigenvalue weighted by atomic mass is 10.00. The van der Waals surface area contributed by atoms with Crippen LogP contribution in [0.2, 0.25) is 0 Å². The van der Waals surface area contributed by atoms with Crippen molar-refractivity contribution in [2.75, 3.05) is 26.3 Å². The molecule has 2 rings (SSSR count). The maximum absolute atomic E-state index is 9.91. The van der Waals surface area contributed by atoms with Crippen molar-refractivity contribution >= 4 is 0 Å². The molecule has 3 atom stereocenters. The van der Waals surface area contributed by atoms with E-state index in [1.807, 2.05) is 30.3 Å². The Morgan fingerprint density at radius 1 is 1.38 bits per heavy atom. The first-order valence-corrected chi connectivity index (χ1v) is 7.91. The average Bonchev–Trinajstić information content (AvgIpc) is 2.96. The van der Waals surface area contributed by atoms with E-state index in [1.54, 1.807) is 0 Å². The van der Waals surface area contributed by atoms with Gasteiger partial charge in [0.05, 0.1) is 25.4 Å². The molecule has 1 saturated heterocycles. The van der Waals surface area contributed by atoms with Gasteiger partial charge in [-0.05, 0) is 24.3 Å². The van der Waals surface area contributed by atoms with Crippen LogP contribution in [0, 0.1) is 5.92 Å². The van der Waals surface area contributed by atoms with Crippen LogP contribution in [0.4, 0.5) is 0 Å². The van der Waals surface area contributed by atoms with E-state index in [9.17, 15) is 5.11 Å². The average molecular weight is 293 g/mol. The Kier molecular flexibility index (Phi) is 7.16. The van der Waals surface area contributed by atoms with Gasteiger partial charge >= 0.3 is 0 Å². The maximum Gasteiger partial charge on any atom is 0.0897 e. The molecule has 2 N–H and O–H groups in total. The van der Waals surface area contributed by atoms with Crippen molar-refractivity contribution in [3.63, 3.8) is 0 Å². The fraction of sp³-hybridized carbons (Fsp3) is 0.647. The second-order valence-electron chi connectivity index (χ2n) is 5.68. The maximum atomic E-state index is 9.91. The van der Waals surface area contributed by atoms with E-state index in [2.05, 4.69) is 12.2 Å². The van der Waals surface area contributed by atoms with Crippen LogP contribution in [0.25, 0.3) is 0 Å². The lowest BCUT2D eigenvalue weighted by molar-refractivity contribution is 0.0276. The number of aliphatic hydroxyl groups excluding tert-OH is 1. The Labute approximate surface area is 127 Å². The summed E-state index contributed by atoms with van der Waals surface area (Å²) in [5, 5.41) is 13.2. The molecule has 0 amide bonds. The number of aliphatic hydroxyl groups is 1. The van der Waals surface area contributed by atoms with Crippen LogP contribution < -0.4 is 5.32 Å². The largest absolute Gasteiger partial charge is 0.389 e. The minimum Gasteiger partial charge on any atom is -0.389 e. The van der Waals surface area contributed by atoms with Crippen molar-refractivity contribution in [2.45, 2.75) is 38.6 Å². The second kappa shape index (κ2) is 9.15. The monoisotopic (exact) mass is 293 g/mol. The van der Waals surface area contributed by atoms with Crippen LogP contribution in [0.3, 0.4) is 0 Å². The first kappa shape index (κ1) is 16.4. The van der Waals surface area contributed by atoms with E-state index >= 15 is 0 Å². The Morgan fingerprint density at radius 2 is 2.19 bits per heavy atom. The van der Waals surface area contributed by atoms with Gasteiger partial charge in [-0.1, -0.05) is 37.3 Å². The zero-order valence-electron chi connectivity index (χ0n) is 12.8. The summed E-state index contributed by atoms with van der Waals surface area (Å²) in [6, 6.07) is 10.0. The third-order valence-corrected chi connectivity index (χ3v) is 3.96. The van der Waals surface area contributed by atoms with Gasteiger partial charge in [0.25, 0.3) is 0 Å². The van der Waals surface area contributed by atoms with E-state index in [0.717, 1.165) is 31.6 Å². The molecule has 1 aromatic carbocycles. The van der Waals surface area contributed by atoms with Crippen molar-refractivity contribution in [1.82, 2.24) is 5.32 Å². The number of hydrogen-bond acceptors (Lipinski definition) is 4. The van der Waals surface area contributed by atoms with Crippen molar-refractivity contribution < 1.29 is 14.6 Å². The summed E-state index contributed by atoms with van der Waals surface area (Å²) in [6.07, 6.45) is 2.10. The molecule has 118 valence electrons. The number of benzene rings is 1. The van der Waals surface area contributed by atoms with Crippen molar-refractivity contribution in [1.29, 1.82) is 0 Å². The molecule has 0 saturated carbocycles. The molecule has 1 heterocycles. The van der Waals surface area contributed by atoms with Crippen molar-refractivity contribution in [3.05, 3.63) is 35.9 Å². The SMILES string of the molecule is CCC1OCCC1CNCC(O)COCc1ccccc1. The molecule has 1 aliphatic rings. The summed E-state index contributed by atoms with van der Waals surface area (Å²) in [5.41, 5.74) is 1.13. The summed E-state index contributed by atoms with van der Waals surface area (Å²) < 4.78 is 11.2. The molecule has 1 aromatic rings. The van der Waals surface area contributed by atoms with Gasteiger partial charge in [0.2, 0.25) is 0 Å². The highest BCUT2D eigenvalue weighted by Gasteiger charge is 2.26. The zero-order valence-corrected chi connectivity index (χ0v) is 12.8. The minimum absolute atomic E-state index is 0.361. The Hall–Kier alpha value is -0.940. The van der Waals surface area contributed by atoms with Crippen LogP contribution in [0.1, 0.15) is 25.3 Å². The molecule has 1 fully saturated rings. The predicted octanol–water partition coefficient (Wildman–Crippen LogP) is 1.97. The molecular formula is C17H27NO3. The highest BCUT2D eigenvalue weighted by Crippen LogP contribution is 2.22. The van der Waals surface area contributed by atoms with E-state index < -0.39 is 6.10 Å². The van der Waals surface area contributed by atoms with Crippen molar-refractivity contribution in [2.24, 2.45) is 5.92 Å². The summed E-state index contributed by atoms with van der Waals surface area (Å²) in [7, 11) is 0. The number of ether oxygens (including phenoxy) is 2. The normalized spacial score (nSPS) is 23.3. The van der Waals surface area contributed by atoms with Gasteiger partial charge in [0, 0.05) is 19.7 Å². The molecule has 0 bridgehead atoms. The zero-order chi connectivity index (χ0) is 14.9. The molecule has 0 aliphatic carbocycles. The number of hydrogen-bond donors (Lipinski definition) is 2. The van der Waals surface area contributed by atoms with Crippen LogP contribution in [0.5, 0.6) is 0 Å². The van der Waals surface area contributed by atoms with Gasteiger partial charge in [0.1, 0.15) is 0 Å². The molecule has 4 heteroatoms. The molecule has 0 spiro atoms. The Bertz CT molecular complexity index is 385. The third kappa shape index (κ3) is 5.75. The highest BCUT2D eigenvalue weighted by molar-refractivity contribution is 5.13. The summed E-state index contributed by atoms with van der Waals surface area (Å²) in [4.78, 5) is 0.